The van der Waals surface area contributed by atoms with Crippen LogP contribution in [0.3, 0.4) is 0 Å². The zero-order valence-electron chi connectivity index (χ0n) is 10.9. The summed E-state index contributed by atoms with van der Waals surface area (Å²) in [6.07, 6.45) is 1.89. The maximum absolute atomic E-state index is 4.07. The topological polar surface area (TPSA) is 40.7 Å². The van der Waals surface area contributed by atoms with Gasteiger partial charge in [0.15, 0.2) is 0 Å². The lowest BCUT2D eigenvalue weighted by molar-refractivity contribution is 0.492. The van der Waals surface area contributed by atoms with Gasteiger partial charge in [-0.15, -0.1) is 0 Å². The molecule has 4 heteroatoms. The van der Waals surface area contributed by atoms with Gasteiger partial charge in [0.1, 0.15) is 0 Å². The van der Waals surface area contributed by atoms with Crippen molar-refractivity contribution < 1.29 is 0 Å². The number of halogens is 1. The molecule has 1 aromatic heterocycles. The number of aromatic amines is 1. The minimum Gasteiger partial charge on any atom is -0.303 e. The van der Waals surface area contributed by atoms with E-state index in [1.807, 2.05) is 19.2 Å². The third-order valence-corrected chi connectivity index (χ3v) is 3.93. The van der Waals surface area contributed by atoms with Crippen molar-refractivity contribution in [2.45, 2.75) is 32.9 Å². The molecule has 2 aromatic rings. The van der Waals surface area contributed by atoms with Crippen molar-refractivity contribution in [3.05, 3.63) is 51.8 Å². The van der Waals surface area contributed by atoms with Gasteiger partial charge in [0, 0.05) is 27.8 Å². The Kier molecular flexibility index (Phi) is 4.19. The van der Waals surface area contributed by atoms with Crippen molar-refractivity contribution in [3.8, 4) is 0 Å². The second kappa shape index (κ2) is 5.67. The summed E-state index contributed by atoms with van der Waals surface area (Å²) in [5.41, 5.74) is 3.61. The van der Waals surface area contributed by atoms with Crippen LogP contribution >= 0.6 is 15.9 Å². The molecule has 2 rings (SSSR count). The quantitative estimate of drug-likeness (QED) is 0.899. The highest BCUT2D eigenvalue weighted by Gasteiger charge is 2.15. The maximum Gasteiger partial charge on any atom is 0.0537 e. The van der Waals surface area contributed by atoms with E-state index in [9.17, 15) is 0 Å². The molecule has 0 aliphatic rings. The van der Waals surface area contributed by atoms with Crippen LogP contribution in [0.25, 0.3) is 0 Å². The van der Waals surface area contributed by atoms with E-state index in [2.05, 4.69) is 63.5 Å². The average molecular weight is 308 g/mol. The first-order valence-corrected chi connectivity index (χ1v) is 6.89. The van der Waals surface area contributed by atoms with Crippen LogP contribution < -0.4 is 5.32 Å². The van der Waals surface area contributed by atoms with E-state index in [1.54, 1.807) is 0 Å². The molecule has 96 valence electrons. The normalized spacial score (nSPS) is 14.4. The highest BCUT2D eigenvalue weighted by Crippen LogP contribution is 2.25. The third kappa shape index (κ3) is 2.82. The molecule has 3 nitrogen and oxygen atoms in total. The van der Waals surface area contributed by atoms with Crippen molar-refractivity contribution in [2.75, 3.05) is 0 Å². The van der Waals surface area contributed by atoms with Crippen molar-refractivity contribution in [1.82, 2.24) is 15.5 Å². The van der Waals surface area contributed by atoms with Crippen LogP contribution in [0.1, 0.15) is 42.8 Å². The van der Waals surface area contributed by atoms with E-state index in [0.717, 1.165) is 10.2 Å². The van der Waals surface area contributed by atoms with Crippen LogP contribution in [-0.2, 0) is 0 Å². The number of H-pyrrole nitrogens is 1. The first-order valence-electron chi connectivity index (χ1n) is 6.10. The molecule has 2 unspecified atom stereocenters. The zero-order valence-corrected chi connectivity index (χ0v) is 12.5. The van der Waals surface area contributed by atoms with Crippen LogP contribution in [0.2, 0.25) is 0 Å². The number of benzene rings is 1. The van der Waals surface area contributed by atoms with Gasteiger partial charge in [0.25, 0.3) is 0 Å². The number of hydrogen-bond acceptors (Lipinski definition) is 2. The number of rotatable bonds is 4. The molecule has 0 bridgehead atoms. The maximum atomic E-state index is 4.07. The fraction of sp³-hybridized carbons (Fsp3) is 0.357. The highest BCUT2D eigenvalue weighted by atomic mass is 79.9. The minimum atomic E-state index is 0.269. The molecular weight excluding hydrogens is 290 g/mol. The summed E-state index contributed by atoms with van der Waals surface area (Å²) in [7, 11) is 0. The number of hydrogen-bond donors (Lipinski definition) is 2. The first kappa shape index (κ1) is 13.3. The van der Waals surface area contributed by atoms with Crippen LogP contribution in [0.4, 0.5) is 0 Å². The van der Waals surface area contributed by atoms with Crippen molar-refractivity contribution in [3.63, 3.8) is 0 Å². The molecule has 0 saturated carbocycles. The fourth-order valence-corrected chi connectivity index (χ4v) is 2.81. The monoisotopic (exact) mass is 307 g/mol. The fourth-order valence-electron chi connectivity index (χ4n) is 2.18. The second-order valence-corrected chi connectivity index (χ2v) is 5.44. The average Bonchev–Trinajstić information content (AvgIpc) is 2.76. The Morgan fingerprint density at radius 2 is 1.83 bits per heavy atom. The van der Waals surface area contributed by atoms with E-state index < -0.39 is 0 Å². The Labute approximate surface area is 116 Å². The lowest BCUT2D eigenvalue weighted by Crippen LogP contribution is -2.23. The van der Waals surface area contributed by atoms with Gasteiger partial charge in [-0.1, -0.05) is 34.1 Å². The van der Waals surface area contributed by atoms with Crippen LogP contribution in [-0.4, -0.2) is 10.2 Å². The summed E-state index contributed by atoms with van der Waals surface area (Å²) in [5, 5.41) is 10.6. The Hall–Kier alpha value is -1.13. The molecular formula is C14H18BrN3. The van der Waals surface area contributed by atoms with E-state index in [0.29, 0.717) is 0 Å². The van der Waals surface area contributed by atoms with Crippen molar-refractivity contribution in [2.24, 2.45) is 0 Å². The molecule has 0 spiro atoms. The molecule has 0 radical (unpaired) electrons. The lowest BCUT2D eigenvalue weighted by atomic mass is 10.1. The molecule has 0 aliphatic carbocycles. The first-order chi connectivity index (χ1) is 8.59. The van der Waals surface area contributed by atoms with E-state index >= 15 is 0 Å². The van der Waals surface area contributed by atoms with Gasteiger partial charge in [-0.3, -0.25) is 5.10 Å². The molecule has 1 aromatic carbocycles. The largest absolute Gasteiger partial charge is 0.303 e. The third-order valence-electron chi connectivity index (χ3n) is 3.21. The van der Waals surface area contributed by atoms with Gasteiger partial charge >= 0.3 is 0 Å². The predicted molar refractivity (Wildman–Crippen MR) is 77.4 cm³/mol. The molecule has 18 heavy (non-hydrogen) atoms. The van der Waals surface area contributed by atoms with Gasteiger partial charge < -0.3 is 5.32 Å². The van der Waals surface area contributed by atoms with Gasteiger partial charge in [0.05, 0.1) is 6.20 Å². The van der Waals surface area contributed by atoms with E-state index in [1.165, 1.54) is 11.1 Å². The Balaban J connectivity index is 2.11. The smallest absolute Gasteiger partial charge is 0.0537 e. The molecule has 0 saturated heterocycles. The van der Waals surface area contributed by atoms with Gasteiger partial charge in [0.2, 0.25) is 0 Å². The Morgan fingerprint density at radius 3 is 2.44 bits per heavy atom. The SMILES string of the molecule is Cc1[nH]ncc1C(C)NC(C)c1ccccc1Br. The Morgan fingerprint density at radius 1 is 1.17 bits per heavy atom. The molecule has 0 aliphatic heterocycles. The van der Waals surface area contributed by atoms with Crippen LogP contribution in [0.5, 0.6) is 0 Å². The summed E-state index contributed by atoms with van der Waals surface area (Å²) in [6.45, 7) is 6.38. The van der Waals surface area contributed by atoms with Crippen LogP contribution in [0, 0.1) is 6.92 Å². The second-order valence-electron chi connectivity index (χ2n) is 4.58. The van der Waals surface area contributed by atoms with E-state index in [4.69, 9.17) is 0 Å². The zero-order chi connectivity index (χ0) is 13.1. The summed E-state index contributed by atoms with van der Waals surface area (Å²) in [5.74, 6) is 0. The molecule has 1 heterocycles. The number of nitrogens with zero attached hydrogens (tertiary/aromatic N) is 1. The number of aromatic nitrogens is 2. The molecule has 0 amide bonds. The lowest BCUT2D eigenvalue weighted by Gasteiger charge is -2.21. The highest BCUT2D eigenvalue weighted by molar-refractivity contribution is 9.10. The molecule has 2 N–H and O–H groups in total. The standard InChI is InChI=1S/C14H18BrN3/c1-9(12-6-4-5-7-14(12)15)17-10(2)13-8-16-18-11(13)3/h4-10,17H,1-3H3,(H,16,18). The summed E-state index contributed by atoms with van der Waals surface area (Å²) in [4.78, 5) is 0. The number of aryl methyl sites for hydroxylation is 1. The molecule has 0 fully saturated rings. The molecule has 2 atom stereocenters. The van der Waals surface area contributed by atoms with Crippen LogP contribution in [0.15, 0.2) is 34.9 Å². The predicted octanol–water partition coefficient (Wildman–Crippen LogP) is 3.89. The summed E-state index contributed by atoms with van der Waals surface area (Å²) >= 11 is 3.59. The summed E-state index contributed by atoms with van der Waals surface area (Å²) < 4.78 is 1.14. The Bertz CT molecular complexity index is 521. The number of nitrogens with one attached hydrogen (secondary N) is 2. The van der Waals surface area contributed by atoms with E-state index in [-0.39, 0.29) is 12.1 Å². The minimum absolute atomic E-state index is 0.269. The van der Waals surface area contributed by atoms with Crippen molar-refractivity contribution in [1.29, 1.82) is 0 Å². The van der Waals surface area contributed by atoms with Gasteiger partial charge in [-0.2, -0.15) is 5.10 Å². The summed E-state index contributed by atoms with van der Waals surface area (Å²) in [6, 6.07) is 8.85. The van der Waals surface area contributed by atoms with Crippen molar-refractivity contribution >= 4 is 15.9 Å². The van der Waals surface area contributed by atoms with Gasteiger partial charge in [-0.25, -0.2) is 0 Å². The van der Waals surface area contributed by atoms with Gasteiger partial charge in [-0.05, 0) is 32.4 Å².